The quantitative estimate of drug-likeness (QED) is 0.711. The molecule has 80 valence electrons. The summed E-state index contributed by atoms with van der Waals surface area (Å²) in [5, 5.41) is 0. The highest BCUT2D eigenvalue weighted by Gasteiger charge is 2.25. The molecule has 2 nitrogen and oxygen atoms in total. The fourth-order valence-electron chi connectivity index (χ4n) is 1.96. The molecule has 3 rings (SSSR count). The molecule has 0 radical (unpaired) electrons. The maximum absolute atomic E-state index is 5.33. The molecule has 2 aromatic carbocycles. The van der Waals surface area contributed by atoms with E-state index >= 15 is 0 Å². The molecule has 1 atom stereocenters. The van der Waals surface area contributed by atoms with Gasteiger partial charge in [0.2, 0.25) is 0 Å². The second-order valence-electron chi connectivity index (χ2n) is 3.90. The molecule has 0 aromatic heterocycles. The molecule has 2 heteroatoms. The van der Waals surface area contributed by atoms with E-state index in [1.165, 1.54) is 5.56 Å². The summed E-state index contributed by atoms with van der Waals surface area (Å²) >= 11 is 0. The molecular formula is C14H12O2. The standard InChI is InChI=1S/C14H12O2/c1-2-6-11(7-3-1)10-14-12-8-4-5-9-13(12)15-16-14/h1-9,14H,10H2. The fraction of sp³-hybridized carbons (Fsp3) is 0.143. The van der Waals surface area contributed by atoms with Crippen molar-refractivity contribution in [2.75, 3.05) is 0 Å². The lowest BCUT2D eigenvalue weighted by molar-refractivity contribution is -0.223. The first kappa shape index (κ1) is 9.43. The fourth-order valence-corrected chi connectivity index (χ4v) is 1.96. The Hall–Kier alpha value is -1.80. The summed E-state index contributed by atoms with van der Waals surface area (Å²) < 4.78 is 0. The van der Waals surface area contributed by atoms with Crippen LogP contribution in [0.5, 0.6) is 5.75 Å². The van der Waals surface area contributed by atoms with Crippen molar-refractivity contribution in [3.8, 4) is 5.75 Å². The number of para-hydroxylation sites is 1. The molecular weight excluding hydrogens is 200 g/mol. The molecule has 2 aromatic rings. The van der Waals surface area contributed by atoms with Crippen molar-refractivity contribution < 1.29 is 9.78 Å². The monoisotopic (exact) mass is 212 g/mol. The van der Waals surface area contributed by atoms with E-state index in [1.54, 1.807) is 0 Å². The summed E-state index contributed by atoms with van der Waals surface area (Å²) in [5.41, 5.74) is 2.39. The Labute approximate surface area is 94.4 Å². The predicted octanol–water partition coefficient (Wildman–Crippen LogP) is 3.29. The zero-order chi connectivity index (χ0) is 10.8. The minimum absolute atomic E-state index is 0.0126. The molecule has 0 aliphatic carbocycles. The Morgan fingerprint density at radius 3 is 2.50 bits per heavy atom. The maximum Gasteiger partial charge on any atom is 0.171 e. The van der Waals surface area contributed by atoms with Crippen molar-refractivity contribution in [2.24, 2.45) is 0 Å². The summed E-state index contributed by atoms with van der Waals surface area (Å²) in [6, 6.07) is 18.2. The van der Waals surface area contributed by atoms with Crippen molar-refractivity contribution in [2.45, 2.75) is 12.5 Å². The smallest absolute Gasteiger partial charge is 0.171 e. The van der Waals surface area contributed by atoms with Gasteiger partial charge in [-0.15, -0.1) is 0 Å². The highest BCUT2D eigenvalue weighted by Crippen LogP contribution is 2.36. The molecule has 1 heterocycles. The van der Waals surface area contributed by atoms with Gasteiger partial charge in [-0.2, -0.15) is 4.89 Å². The highest BCUT2D eigenvalue weighted by atomic mass is 17.2. The first-order valence-corrected chi connectivity index (χ1v) is 5.40. The molecule has 1 aliphatic rings. The SMILES string of the molecule is c1ccc(CC2OOc3ccccc32)cc1. The minimum Gasteiger partial charge on any atom is -0.337 e. The van der Waals surface area contributed by atoms with Crippen molar-refractivity contribution in [1.82, 2.24) is 0 Å². The van der Waals surface area contributed by atoms with Crippen molar-refractivity contribution in [3.63, 3.8) is 0 Å². The van der Waals surface area contributed by atoms with Crippen LogP contribution in [0.4, 0.5) is 0 Å². The highest BCUT2D eigenvalue weighted by molar-refractivity contribution is 5.37. The molecule has 0 N–H and O–H groups in total. The lowest BCUT2D eigenvalue weighted by atomic mass is 10.0. The van der Waals surface area contributed by atoms with Gasteiger partial charge in [0.1, 0.15) is 6.10 Å². The summed E-state index contributed by atoms with van der Waals surface area (Å²) in [5.74, 6) is 0.837. The van der Waals surface area contributed by atoms with Crippen LogP contribution in [-0.4, -0.2) is 0 Å². The van der Waals surface area contributed by atoms with E-state index < -0.39 is 0 Å². The average molecular weight is 212 g/mol. The molecule has 0 saturated carbocycles. The van der Waals surface area contributed by atoms with Crippen LogP contribution < -0.4 is 4.89 Å². The lowest BCUT2D eigenvalue weighted by Gasteiger charge is -2.07. The summed E-state index contributed by atoms with van der Waals surface area (Å²) in [6.07, 6.45) is 0.858. The topological polar surface area (TPSA) is 18.5 Å². The Bertz CT molecular complexity index is 479. The molecule has 0 fully saturated rings. The largest absolute Gasteiger partial charge is 0.337 e. The van der Waals surface area contributed by atoms with Crippen LogP contribution in [0.15, 0.2) is 54.6 Å². The van der Waals surface area contributed by atoms with Crippen LogP contribution in [0.1, 0.15) is 17.2 Å². The molecule has 0 bridgehead atoms. The minimum atomic E-state index is 0.0126. The Morgan fingerprint density at radius 1 is 0.875 bits per heavy atom. The van der Waals surface area contributed by atoms with Crippen molar-refractivity contribution >= 4 is 0 Å². The third-order valence-electron chi connectivity index (χ3n) is 2.78. The maximum atomic E-state index is 5.33. The zero-order valence-electron chi connectivity index (χ0n) is 8.80. The van der Waals surface area contributed by atoms with Gasteiger partial charge < -0.3 is 4.89 Å². The number of rotatable bonds is 2. The normalized spacial score (nSPS) is 17.9. The number of benzene rings is 2. The summed E-state index contributed by atoms with van der Waals surface area (Å²) in [6.45, 7) is 0. The van der Waals surface area contributed by atoms with Gasteiger partial charge in [-0.3, -0.25) is 0 Å². The van der Waals surface area contributed by atoms with E-state index in [1.807, 2.05) is 36.4 Å². The van der Waals surface area contributed by atoms with Gasteiger partial charge in [0.05, 0.1) is 0 Å². The van der Waals surface area contributed by atoms with Crippen LogP contribution in [0.2, 0.25) is 0 Å². The second kappa shape index (κ2) is 3.99. The molecule has 1 aliphatic heterocycles. The third-order valence-corrected chi connectivity index (χ3v) is 2.78. The van der Waals surface area contributed by atoms with Gasteiger partial charge >= 0.3 is 0 Å². The van der Waals surface area contributed by atoms with Gasteiger partial charge in [-0.1, -0.05) is 48.5 Å². The van der Waals surface area contributed by atoms with Crippen LogP contribution in [0, 0.1) is 0 Å². The first-order chi connectivity index (χ1) is 7.93. The number of fused-ring (bicyclic) bond motifs is 1. The molecule has 1 unspecified atom stereocenters. The Kier molecular flexibility index (Phi) is 2.35. The first-order valence-electron chi connectivity index (χ1n) is 5.40. The van der Waals surface area contributed by atoms with E-state index in [0.29, 0.717) is 0 Å². The lowest BCUT2D eigenvalue weighted by Crippen LogP contribution is -2.01. The number of hydrogen-bond acceptors (Lipinski definition) is 2. The van der Waals surface area contributed by atoms with E-state index in [9.17, 15) is 0 Å². The molecule has 16 heavy (non-hydrogen) atoms. The molecule has 0 saturated heterocycles. The van der Waals surface area contributed by atoms with Gasteiger partial charge in [0.25, 0.3) is 0 Å². The van der Waals surface area contributed by atoms with Crippen LogP contribution in [0.25, 0.3) is 0 Å². The van der Waals surface area contributed by atoms with E-state index in [4.69, 9.17) is 9.78 Å². The molecule has 0 amide bonds. The summed E-state index contributed by atoms with van der Waals surface area (Å²) in [4.78, 5) is 10.5. The third kappa shape index (κ3) is 1.68. The van der Waals surface area contributed by atoms with E-state index in [0.717, 1.165) is 17.7 Å². The van der Waals surface area contributed by atoms with Crippen LogP contribution >= 0.6 is 0 Å². The second-order valence-corrected chi connectivity index (χ2v) is 3.90. The predicted molar refractivity (Wildman–Crippen MR) is 61.0 cm³/mol. The van der Waals surface area contributed by atoms with Gasteiger partial charge in [-0.25, -0.2) is 0 Å². The van der Waals surface area contributed by atoms with Crippen molar-refractivity contribution in [3.05, 3.63) is 65.7 Å². The van der Waals surface area contributed by atoms with Crippen LogP contribution in [0.3, 0.4) is 0 Å². The van der Waals surface area contributed by atoms with E-state index in [2.05, 4.69) is 18.2 Å². The number of hydrogen-bond donors (Lipinski definition) is 0. The average Bonchev–Trinajstić information content (AvgIpc) is 2.74. The Morgan fingerprint density at radius 2 is 1.62 bits per heavy atom. The zero-order valence-corrected chi connectivity index (χ0v) is 8.80. The van der Waals surface area contributed by atoms with Crippen molar-refractivity contribution in [1.29, 1.82) is 0 Å². The van der Waals surface area contributed by atoms with Crippen LogP contribution in [-0.2, 0) is 11.3 Å². The summed E-state index contributed by atoms with van der Waals surface area (Å²) in [7, 11) is 0. The van der Waals surface area contributed by atoms with E-state index in [-0.39, 0.29) is 6.10 Å². The Balaban J connectivity index is 1.84. The van der Waals surface area contributed by atoms with Gasteiger partial charge in [0.15, 0.2) is 5.75 Å². The van der Waals surface area contributed by atoms with Gasteiger partial charge in [0, 0.05) is 12.0 Å². The molecule has 0 spiro atoms. The van der Waals surface area contributed by atoms with Gasteiger partial charge in [-0.05, 0) is 11.6 Å².